The zero-order valence-corrected chi connectivity index (χ0v) is 17.4. The summed E-state index contributed by atoms with van der Waals surface area (Å²) < 4.78 is 27.1. The van der Waals surface area contributed by atoms with E-state index < -0.39 is 16.1 Å². The van der Waals surface area contributed by atoms with Gasteiger partial charge in [0.25, 0.3) is 15.9 Å². The number of thiophene rings is 1. The minimum Gasteiger partial charge on any atom is -0.351 e. The van der Waals surface area contributed by atoms with E-state index in [0.29, 0.717) is 24.9 Å². The van der Waals surface area contributed by atoms with Crippen molar-refractivity contribution in [3.8, 4) is 0 Å². The first kappa shape index (κ1) is 20.5. The number of nitrogens with zero attached hydrogens (tertiary/aromatic N) is 2. The Kier molecular flexibility index (Phi) is 6.17. The van der Waals surface area contributed by atoms with Crippen molar-refractivity contribution in [2.24, 2.45) is 0 Å². The van der Waals surface area contributed by atoms with E-state index in [1.165, 1.54) is 9.21 Å². The number of sulfonamides is 1. The number of carbonyl (C=O) groups is 2. The van der Waals surface area contributed by atoms with Gasteiger partial charge in [0.05, 0.1) is 0 Å². The molecule has 28 heavy (non-hydrogen) atoms. The quantitative estimate of drug-likeness (QED) is 0.772. The van der Waals surface area contributed by atoms with Crippen molar-refractivity contribution < 1.29 is 18.0 Å². The average Bonchev–Trinajstić information content (AvgIpc) is 3.38. The molecule has 1 fully saturated rings. The van der Waals surface area contributed by atoms with Crippen molar-refractivity contribution in [1.82, 2.24) is 14.5 Å². The lowest BCUT2D eigenvalue weighted by Gasteiger charge is -2.22. The number of benzene rings is 1. The third-order valence-corrected chi connectivity index (χ3v) is 7.92. The highest BCUT2D eigenvalue weighted by atomic mass is 32.2. The van der Waals surface area contributed by atoms with Gasteiger partial charge in [0.1, 0.15) is 10.3 Å². The fourth-order valence-electron chi connectivity index (χ4n) is 3.15. The highest BCUT2D eigenvalue weighted by molar-refractivity contribution is 7.91. The predicted octanol–water partition coefficient (Wildman–Crippen LogP) is 1.92. The van der Waals surface area contributed by atoms with E-state index in [0.717, 1.165) is 16.9 Å². The summed E-state index contributed by atoms with van der Waals surface area (Å²) in [4.78, 5) is 26.1. The normalized spacial score (nSPS) is 17.4. The van der Waals surface area contributed by atoms with Crippen LogP contribution in [0.15, 0.2) is 46.0 Å². The molecule has 0 radical (unpaired) electrons. The molecular formula is C19H23N3O4S2. The van der Waals surface area contributed by atoms with Crippen LogP contribution >= 0.6 is 11.3 Å². The van der Waals surface area contributed by atoms with Crippen LogP contribution in [0.4, 0.5) is 0 Å². The number of amides is 2. The van der Waals surface area contributed by atoms with E-state index in [1.807, 2.05) is 0 Å². The zero-order chi connectivity index (χ0) is 20.3. The molecule has 0 saturated carbocycles. The molecule has 1 unspecified atom stereocenters. The van der Waals surface area contributed by atoms with Crippen molar-refractivity contribution in [3.63, 3.8) is 0 Å². The Balaban J connectivity index is 1.64. The van der Waals surface area contributed by atoms with Crippen molar-refractivity contribution in [2.75, 3.05) is 20.6 Å². The van der Waals surface area contributed by atoms with Crippen molar-refractivity contribution in [1.29, 1.82) is 0 Å². The molecule has 1 aliphatic heterocycles. The maximum absolute atomic E-state index is 12.8. The second kappa shape index (κ2) is 8.42. The first-order valence-electron chi connectivity index (χ1n) is 8.94. The van der Waals surface area contributed by atoms with Crippen LogP contribution in [-0.2, 0) is 21.4 Å². The van der Waals surface area contributed by atoms with Gasteiger partial charge in [-0.25, -0.2) is 8.42 Å². The Morgan fingerprint density at radius 3 is 2.54 bits per heavy atom. The fraction of sp³-hybridized carbons (Fsp3) is 0.368. The molecule has 1 atom stereocenters. The molecule has 1 aromatic heterocycles. The smallest absolute Gasteiger partial charge is 0.253 e. The molecule has 1 aliphatic rings. The van der Waals surface area contributed by atoms with Gasteiger partial charge in [0.2, 0.25) is 5.91 Å². The predicted molar refractivity (Wildman–Crippen MR) is 108 cm³/mol. The molecule has 2 aromatic rings. The van der Waals surface area contributed by atoms with Crippen LogP contribution in [0.3, 0.4) is 0 Å². The Labute approximate surface area is 169 Å². The Morgan fingerprint density at radius 2 is 1.93 bits per heavy atom. The van der Waals surface area contributed by atoms with Crippen LogP contribution in [0.25, 0.3) is 0 Å². The number of hydrogen-bond acceptors (Lipinski definition) is 5. The summed E-state index contributed by atoms with van der Waals surface area (Å²) in [5.41, 5.74) is 1.42. The second-order valence-corrected chi connectivity index (χ2v) is 9.89. The highest BCUT2D eigenvalue weighted by Gasteiger charge is 2.39. The Bertz CT molecular complexity index is 938. The molecule has 7 nitrogen and oxygen atoms in total. The average molecular weight is 422 g/mol. The maximum Gasteiger partial charge on any atom is 0.253 e. The highest BCUT2D eigenvalue weighted by Crippen LogP contribution is 2.28. The van der Waals surface area contributed by atoms with Gasteiger partial charge < -0.3 is 10.2 Å². The lowest BCUT2D eigenvalue weighted by atomic mass is 10.1. The lowest BCUT2D eigenvalue weighted by molar-refractivity contribution is -0.124. The summed E-state index contributed by atoms with van der Waals surface area (Å²) in [5.74, 6) is -0.387. The number of hydrogen-bond donors (Lipinski definition) is 1. The molecule has 0 bridgehead atoms. The molecule has 2 heterocycles. The molecule has 0 aliphatic carbocycles. The van der Waals surface area contributed by atoms with Gasteiger partial charge in [-0.15, -0.1) is 11.3 Å². The summed E-state index contributed by atoms with van der Waals surface area (Å²) in [6.45, 7) is 0.623. The summed E-state index contributed by atoms with van der Waals surface area (Å²) in [6.07, 6.45) is 1.16. The summed E-state index contributed by atoms with van der Waals surface area (Å²) in [6, 6.07) is 9.55. The first-order valence-corrected chi connectivity index (χ1v) is 11.3. The molecule has 2 amide bonds. The maximum atomic E-state index is 12.8. The first-order chi connectivity index (χ1) is 13.3. The molecule has 150 valence electrons. The van der Waals surface area contributed by atoms with E-state index in [2.05, 4.69) is 5.32 Å². The van der Waals surface area contributed by atoms with Crippen LogP contribution in [0.2, 0.25) is 0 Å². The molecule has 1 N–H and O–H groups in total. The van der Waals surface area contributed by atoms with E-state index in [1.54, 1.807) is 55.9 Å². The minimum atomic E-state index is -3.65. The van der Waals surface area contributed by atoms with Gasteiger partial charge in [0.15, 0.2) is 0 Å². The van der Waals surface area contributed by atoms with Crippen LogP contribution in [0.1, 0.15) is 28.8 Å². The van der Waals surface area contributed by atoms with E-state index in [-0.39, 0.29) is 22.6 Å². The third-order valence-electron chi connectivity index (χ3n) is 4.64. The minimum absolute atomic E-state index is 0.0871. The lowest BCUT2D eigenvalue weighted by Crippen LogP contribution is -2.45. The van der Waals surface area contributed by atoms with Crippen molar-refractivity contribution >= 4 is 33.2 Å². The summed E-state index contributed by atoms with van der Waals surface area (Å²) in [7, 11) is -0.270. The molecule has 9 heteroatoms. The van der Waals surface area contributed by atoms with Crippen LogP contribution in [0.5, 0.6) is 0 Å². The number of nitrogens with one attached hydrogen (secondary N) is 1. The van der Waals surface area contributed by atoms with Gasteiger partial charge in [0, 0.05) is 32.7 Å². The summed E-state index contributed by atoms with van der Waals surface area (Å²) in [5, 5.41) is 4.53. The molecule has 0 spiro atoms. The SMILES string of the molecule is CN(C)C(=O)c1ccc(CNC(=O)C2CCCN2S(=O)(=O)c2cccs2)cc1. The number of carbonyl (C=O) groups excluding carboxylic acids is 2. The van der Waals surface area contributed by atoms with Crippen LogP contribution in [0, 0.1) is 0 Å². The molecular weight excluding hydrogens is 398 g/mol. The standard InChI is InChI=1S/C19H23N3O4S2/c1-21(2)19(24)15-9-7-14(8-10-15)13-20-18(23)16-5-3-11-22(16)28(25,26)17-6-4-12-27-17/h4,6-10,12,16H,3,5,11,13H2,1-2H3,(H,20,23). The Hall–Kier alpha value is -2.23. The van der Waals surface area contributed by atoms with Crippen LogP contribution < -0.4 is 5.32 Å². The van der Waals surface area contributed by atoms with Gasteiger partial charge in [-0.3, -0.25) is 9.59 Å². The van der Waals surface area contributed by atoms with Crippen molar-refractivity contribution in [3.05, 3.63) is 52.9 Å². The molecule has 1 saturated heterocycles. The van der Waals surface area contributed by atoms with Gasteiger partial charge >= 0.3 is 0 Å². The zero-order valence-electron chi connectivity index (χ0n) is 15.8. The number of rotatable bonds is 6. The summed E-state index contributed by atoms with van der Waals surface area (Å²) >= 11 is 1.15. The fourth-order valence-corrected chi connectivity index (χ4v) is 5.92. The van der Waals surface area contributed by atoms with Crippen LogP contribution in [-0.4, -0.2) is 56.1 Å². The molecule has 1 aromatic carbocycles. The van der Waals surface area contributed by atoms with E-state index in [4.69, 9.17) is 0 Å². The third kappa shape index (κ3) is 4.26. The topological polar surface area (TPSA) is 86.8 Å². The van der Waals surface area contributed by atoms with Gasteiger partial charge in [-0.1, -0.05) is 18.2 Å². The Morgan fingerprint density at radius 1 is 1.21 bits per heavy atom. The monoisotopic (exact) mass is 421 g/mol. The van der Waals surface area contributed by atoms with Crippen molar-refractivity contribution in [2.45, 2.75) is 29.6 Å². The van der Waals surface area contributed by atoms with E-state index >= 15 is 0 Å². The molecule has 3 rings (SSSR count). The second-order valence-electron chi connectivity index (χ2n) is 6.82. The van der Waals surface area contributed by atoms with Gasteiger partial charge in [-0.2, -0.15) is 4.31 Å². The van der Waals surface area contributed by atoms with Gasteiger partial charge in [-0.05, 0) is 42.0 Å². The van der Waals surface area contributed by atoms with E-state index in [9.17, 15) is 18.0 Å². The largest absolute Gasteiger partial charge is 0.351 e.